The molecule has 0 aliphatic heterocycles. The second-order valence-corrected chi connectivity index (χ2v) is 14.9. The zero-order valence-electron chi connectivity index (χ0n) is 29.3. The zero-order valence-corrected chi connectivity index (χ0v) is 32.6. The van der Waals surface area contributed by atoms with Crippen molar-refractivity contribution in [3.8, 4) is 16.9 Å². The number of carbonyl (C=O) groups is 9. The highest BCUT2D eigenvalue weighted by molar-refractivity contribution is 8.15. The molecular weight excluding hydrogens is 793 g/mol. The highest BCUT2D eigenvalue weighted by Gasteiger charge is 2.30. The molecule has 54 heavy (non-hydrogen) atoms. The molecule has 0 aliphatic carbocycles. The van der Waals surface area contributed by atoms with E-state index >= 15 is 0 Å². The van der Waals surface area contributed by atoms with E-state index in [2.05, 4.69) is 28.6 Å². The van der Waals surface area contributed by atoms with Crippen LogP contribution in [0.5, 0.6) is 5.75 Å². The molecule has 3 amide bonds. The first-order valence-electron chi connectivity index (χ1n) is 15.8. The number of aliphatic carboxylic acids is 1. The Bertz CT molecular complexity index is 1800. The van der Waals surface area contributed by atoms with Gasteiger partial charge in [-0.05, 0) is 36.8 Å². The van der Waals surface area contributed by atoms with Gasteiger partial charge in [0.25, 0.3) is 0 Å². The maximum atomic E-state index is 14.8. The van der Waals surface area contributed by atoms with Crippen LogP contribution in [0.15, 0.2) is 36.4 Å². The summed E-state index contributed by atoms with van der Waals surface area (Å²) in [6, 6.07) is 2.51. The number of rotatable bonds is 19. The molecule has 4 N–H and O–H groups in total. The molecule has 14 nitrogen and oxygen atoms in total. The third-order valence-electron chi connectivity index (χ3n) is 6.90. The third-order valence-corrected chi connectivity index (χ3v) is 10.5. The van der Waals surface area contributed by atoms with Crippen LogP contribution in [0.25, 0.3) is 11.1 Å². The minimum Gasteiger partial charge on any atom is -0.481 e. The minimum atomic E-state index is -1.45. The Labute approximate surface area is 326 Å². The predicted molar refractivity (Wildman–Crippen MR) is 202 cm³/mol. The molecule has 4 unspecified atom stereocenters. The van der Waals surface area contributed by atoms with Crippen LogP contribution in [-0.2, 0) is 38.4 Å². The number of carboxylic acid groups (broad SMARTS) is 1. The molecule has 0 aliphatic rings. The van der Waals surface area contributed by atoms with Crippen molar-refractivity contribution in [2.45, 2.75) is 52.2 Å². The van der Waals surface area contributed by atoms with E-state index in [1.807, 2.05) is 0 Å². The van der Waals surface area contributed by atoms with E-state index in [4.69, 9.17) is 4.74 Å². The number of nitrogens with one attached hydrogen (secondary N) is 3. The van der Waals surface area contributed by atoms with Gasteiger partial charge in [0.1, 0.15) is 41.3 Å². The Balaban J connectivity index is 2.43. The van der Waals surface area contributed by atoms with Crippen molar-refractivity contribution in [1.82, 2.24) is 16.0 Å². The van der Waals surface area contributed by atoms with Gasteiger partial charge in [0, 0.05) is 61.8 Å². The maximum absolute atomic E-state index is 14.8. The lowest BCUT2D eigenvalue weighted by Crippen LogP contribution is -2.45. The number of thiol groups is 1. The van der Waals surface area contributed by atoms with Crippen LogP contribution < -0.4 is 20.7 Å². The van der Waals surface area contributed by atoms with Crippen LogP contribution in [0, 0.1) is 17.6 Å². The van der Waals surface area contributed by atoms with Crippen molar-refractivity contribution in [2.75, 3.05) is 23.0 Å². The molecule has 0 spiro atoms. The van der Waals surface area contributed by atoms with Crippen LogP contribution in [0.1, 0.15) is 44.5 Å². The quantitative estimate of drug-likeness (QED) is 0.0782. The summed E-state index contributed by atoms with van der Waals surface area (Å²) in [5.74, 6) is -9.16. The summed E-state index contributed by atoms with van der Waals surface area (Å²) in [5.41, 5.74) is -0.407. The summed E-state index contributed by atoms with van der Waals surface area (Å²) in [7, 11) is 0. The molecule has 0 radical (unpaired) electrons. The molecule has 2 aromatic rings. The van der Waals surface area contributed by atoms with Gasteiger partial charge in [-0.3, -0.25) is 33.6 Å². The Hall–Kier alpha value is -4.27. The number of halogens is 2. The number of ketones is 1. The normalized spacial score (nSPS) is 13.0. The number of esters is 1. The number of ether oxygens (including phenoxy) is 1. The van der Waals surface area contributed by atoms with E-state index in [1.165, 1.54) is 19.9 Å². The van der Waals surface area contributed by atoms with Gasteiger partial charge in [-0.25, -0.2) is 13.6 Å². The molecular formula is C34H37F2N3O11S4. The first-order chi connectivity index (χ1) is 25.3. The molecule has 20 heteroatoms. The van der Waals surface area contributed by atoms with Gasteiger partial charge >= 0.3 is 11.9 Å². The van der Waals surface area contributed by atoms with Crippen LogP contribution in [0.4, 0.5) is 8.78 Å². The summed E-state index contributed by atoms with van der Waals surface area (Å²) < 4.78 is 34.0. The fraction of sp³-hybridized carbons (Fsp3) is 0.382. The fourth-order valence-electron chi connectivity index (χ4n) is 4.45. The molecule has 0 heterocycles. The lowest BCUT2D eigenvalue weighted by Gasteiger charge is -2.20. The number of amides is 3. The van der Waals surface area contributed by atoms with Gasteiger partial charge in [-0.2, -0.15) is 12.6 Å². The van der Waals surface area contributed by atoms with Gasteiger partial charge < -0.3 is 30.6 Å². The summed E-state index contributed by atoms with van der Waals surface area (Å²) in [5, 5.41) is 14.4. The van der Waals surface area contributed by atoms with E-state index in [-0.39, 0.29) is 46.1 Å². The van der Waals surface area contributed by atoms with Gasteiger partial charge in [0.05, 0.1) is 11.5 Å². The van der Waals surface area contributed by atoms with E-state index in [1.54, 1.807) is 0 Å². The van der Waals surface area contributed by atoms with E-state index in [9.17, 15) is 57.0 Å². The maximum Gasteiger partial charge on any atom is 0.334 e. The predicted octanol–water partition coefficient (Wildman–Crippen LogP) is 3.05. The molecule has 2 aromatic carbocycles. The van der Waals surface area contributed by atoms with Crippen LogP contribution in [-0.4, -0.2) is 97.0 Å². The number of Topliss-reactive ketones (excluding diaryl/α,β-unsaturated/α-hetero) is 1. The average molecular weight is 830 g/mol. The molecule has 0 saturated carbocycles. The van der Waals surface area contributed by atoms with Crippen LogP contribution >= 0.6 is 47.9 Å². The second kappa shape index (κ2) is 22.2. The number of hydrogen-bond donors (Lipinski definition) is 5. The average Bonchev–Trinajstić information content (AvgIpc) is 3.08. The van der Waals surface area contributed by atoms with Crippen LogP contribution in [0.2, 0.25) is 0 Å². The molecule has 2 rings (SSSR count). The van der Waals surface area contributed by atoms with Crippen molar-refractivity contribution in [1.29, 1.82) is 0 Å². The van der Waals surface area contributed by atoms with Crippen molar-refractivity contribution >= 4 is 98.7 Å². The van der Waals surface area contributed by atoms with Gasteiger partial charge in [-0.1, -0.05) is 41.4 Å². The molecule has 0 bridgehead atoms. The van der Waals surface area contributed by atoms with E-state index in [0.29, 0.717) is 41.4 Å². The minimum absolute atomic E-state index is 0.0550. The first-order valence-corrected chi connectivity index (χ1v) is 19.4. The van der Waals surface area contributed by atoms with Gasteiger partial charge in [-0.15, -0.1) is 0 Å². The lowest BCUT2D eigenvalue weighted by atomic mass is 10.0. The van der Waals surface area contributed by atoms with Crippen LogP contribution in [0.3, 0.4) is 0 Å². The van der Waals surface area contributed by atoms with Gasteiger partial charge in [0.2, 0.25) is 33.1 Å². The molecule has 0 saturated heterocycles. The molecule has 0 fully saturated rings. The van der Waals surface area contributed by atoms with E-state index in [0.717, 1.165) is 38.1 Å². The van der Waals surface area contributed by atoms with Gasteiger partial charge in [0.15, 0.2) is 0 Å². The molecule has 0 aromatic heterocycles. The van der Waals surface area contributed by atoms with E-state index < -0.39 is 92.2 Å². The number of carboxylic acids is 1. The number of benzene rings is 2. The topological polar surface area (TPSA) is 219 Å². The Morgan fingerprint density at radius 2 is 1.30 bits per heavy atom. The third kappa shape index (κ3) is 15.2. The van der Waals surface area contributed by atoms with Crippen molar-refractivity contribution < 1.29 is 61.8 Å². The SMILES string of the molecule is CC(=O)CC(CSC(=O)C(CSC(=O)c1cc(-c2ccc(F)cc2F)ccc1OC(=O)C(CSC(=O)C(CS)NC(C)=O)NC(C)=O)NC(C)=O)C(=O)O. The van der Waals surface area contributed by atoms with Crippen molar-refractivity contribution in [3.05, 3.63) is 53.6 Å². The Morgan fingerprint density at radius 3 is 1.85 bits per heavy atom. The zero-order chi connectivity index (χ0) is 40.7. The van der Waals surface area contributed by atoms with Crippen molar-refractivity contribution in [2.24, 2.45) is 5.92 Å². The fourth-order valence-corrected chi connectivity index (χ4v) is 7.67. The summed E-state index contributed by atoms with van der Waals surface area (Å²) in [4.78, 5) is 111. The molecule has 4 atom stereocenters. The molecule has 292 valence electrons. The number of carbonyl (C=O) groups excluding carboxylic acids is 8. The number of hydrogen-bond acceptors (Lipinski definition) is 14. The lowest BCUT2D eigenvalue weighted by molar-refractivity contribution is -0.142. The largest absolute Gasteiger partial charge is 0.481 e. The second-order valence-electron chi connectivity index (χ2n) is 11.5. The summed E-state index contributed by atoms with van der Waals surface area (Å²) in [6.07, 6.45) is -0.328. The summed E-state index contributed by atoms with van der Waals surface area (Å²) >= 11 is 5.69. The first kappa shape index (κ1) is 45.9. The number of thioether (sulfide) groups is 3. The van der Waals surface area contributed by atoms with Crippen molar-refractivity contribution in [3.63, 3.8) is 0 Å². The standard InChI is InChI=1S/C34H37F2N3O11S4/c1-16(40)9-21(30(44)45)13-52-34(49)28(39-19(4)43)15-53-32(47)24-10-20(23-7-6-22(35)11-25(23)36)5-8-29(24)50-31(46)27(38-18(3)42)14-54-33(48)26(12-51)37-17(2)41/h5-8,10-11,21,26-28,51H,9,12-15H2,1-4H3,(H,37,41)(H,38,42)(H,39,43)(H,44,45). The Morgan fingerprint density at radius 1 is 0.741 bits per heavy atom. The Kier molecular flexibility index (Phi) is 18.9. The summed E-state index contributed by atoms with van der Waals surface area (Å²) in [6.45, 7) is 4.62. The monoisotopic (exact) mass is 829 g/mol. The highest BCUT2D eigenvalue weighted by atomic mass is 32.2. The smallest absolute Gasteiger partial charge is 0.334 e. The highest BCUT2D eigenvalue weighted by Crippen LogP contribution is 2.32.